The third-order valence-electron chi connectivity index (χ3n) is 4.79. The van der Waals surface area contributed by atoms with Crippen molar-refractivity contribution in [3.8, 4) is 0 Å². The number of aliphatic imine (C=N–C) groups is 1. The predicted molar refractivity (Wildman–Crippen MR) is 117 cm³/mol. The van der Waals surface area contributed by atoms with Crippen molar-refractivity contribution in [2.75, 3.05) is 32.7 Å². The van der Waals surface area contributed by atoms with Crippen molar-refractivity contribution in [2.45, 2.75) is 45.6 Å². The molecule has 0 aromatic carbocycles. The minimum absolute atomic E-state index is 0.397. The van der Waals surface area contributed by atoms with Crippen molar-refractivity contribution in [3.05, 3.63) is 38.5 Å². The van der Waals surface area contributed by atoms with Gasteiger partial charge in [0.25, 0.3) is 0 Å². The Morgan fingerprint density at radius 1 is 1.26 bits per heavy atom. The molecule has 148 valence electrons. The van der Waals surface area contributed by atoms with Gasteiger partial charge in [-0.15, -0.1) is 22.7 Å². The summed E-state index contributed by atoms with van der Waals surface area (Å²) >= 11 is 3.60. The van der Waals surface area contributed by atoms with E-state index < -0.39 is 0 Å². The molecule has 5 nitrogen and oxygen atoms in total. The van der Waals surface area contributed by atoms with E-state index in [1.54, 1.807) is 11.3 Å². The third kappa shape index (κ3) is 6.02. The minimum atomic E-state index is 0.397. The molecular weight excluding hydrogens is 374 g/mol. The van der Waals surface area contributed by atoms with Crippen LogP contribution in [-0.4, -0.2) is 48.6 Å². The largest absolute Gasteiger partial charge is 0.357 e. The molecule has 1 aliphatic heterocycles. The van der Waals surface area contributed by atoms with Gasteiger partial charge < -0.3 is 10.6 Å². The summed E-state index contributed by atoms with van der Waals surface area (Å²) in [6, 6.07) is 4.79. The summed E-state index contributed by atoms with van der Waals surface area (Å²) < 4.78 is 0. The van der Waals surface area contributed by atoms with Gasteiger partial charge >= 0.3 is 0 Å². The van der Waals surface area contributed by atoms with Crippen LogP contribution in [0.1, 0.15) is 48.3 Å². The quantitative estimate of drug-likeness (QED) is 0.493. The summed E-state index contributed by atoms with van der Waals surface area (Å²) in [5, 5.41) is 12.4. The Morgan fingerprint density at radius 3 is 2.78 bits per heavy atom. The van der Waals surface area contributed by atoms with Crippen LogP contribution in [0.5, 0.6) is 0 Å². The fraction of sp³-hybridized carbons (Fsp3) is 0.600. The van der Waals surface area contributed by atoms with Crippen molar-refractivity contribution < 1.29 is 0 Å². The van der Waals surface area contributed by atoms with Crippen molar-refractivity contribution in [1.82, 2.24) is 20.5 Å². The van der Waals surface area contributed by atoms with E-state index in [0.29, 0.717) is 6.04 Å². The van der Waals surface area contributed by atoms with Gasteiger partial charge in [-0.25, -0.2) is 4.98 Å². The lowest BCUT2D eigenvalue weighted by atomic mass is 10.2. The SMILES string of the molecule is CCNC(=NCC(c1cccs1)N1CCCC1)NCCc1csc(CC)n1. The van der Waals surface area contributed by atoms with Crippen LogP contribution < -0.4 is 10.6 Å². The lowest BCUT2D eigenvalue weighted by molar-refractivity contribution is 0.255. The molecule has 3 rings (SSSR count). The molecule has 1 unspecified atom stereocenters. The molecule has 2 N–H and O–H groups in total. The zero-order valence-corrected chi connectivity index (χ0v) is 18.0. The Hall–Kier alpha value is -1.44. The number of hydrogen-bond donors (Lipinski definition) is 2. The van der Waals surface area contributed by atoms with Crippen LogP contribution in [0.3, 0.4) is 0 Å². The number of aromatic nitrogens is 1. The third-order valence-corrected chi connectivity index (χ3v) is 6.81. The fourth-order valence-corrected chi connectivity index (χ4v) is 5.01. The highest BCUT2D eigenvalue weighted by molar-refractivity contribution is 7.10. The molecule has 0 saturated carbocycles. The zero-order valence-electron chi connectivity index (χ0n) is 16.4. The monoisotopic (exact) mass is 405 g/mol. The van der Waals surface area contributed by atoms with Gasteiger partial charge in [-0.2, -0.15) is 0 Å². The van der Waals surface area contributed by atoms with Crippen LogP contribution in [0, 0.1) is 0 Å². The van der Waals surface area contributed by atoms with Crippen molar-refractivity contribution >= 4 is 28.6 Å². The van der Waals surface area contributed by atoms with Gasteiger partial charge in [0.1, 0.15) is 0 Å². The average Bonchev–Trinajstić information content (AvgIpc) is 3.44. The Bertz CT molecular complexity index is 689. The zero-order chi connectivity index (χ0) is 18.9. The molecule has 1 fully saturated rings. The number of hydrogen-bond acceptors (Lipinski definition) is 5. The summed E-state index contributed by atoms with van der Waals surface area (Å²) in [5.41, 5.74) is 1.17. The Kier molecular flexibility index (Phi) is 8.10. The van der Waals surface area contributed by atoms with Gasteiger partial charge in [0.15, 0.2) is 5.96 Å². The molecule has 3 heterocycles. The van der Waals surface area contributed by atoms with E-state index in [0.717, 1.165) is 38.4 Å². The van der Waals surface area contributed by atoms with Gasteiger partial charge in [0.2, 0.25) is 0 Å². The van der Waals surface area contributed by atoms with Gasteiger partial charge in [-0.3, -0.25) is 9.89 Å². The predicted octanol–water partition coefficient (Wildman–Crippen LogP) is 3.70. The second-order valence-electron chi connectivity index (χ2n) is 6.76. The van der Waals surface area contributed by atoms with Crippen LogP contribution >= 0.6 is 22.7 Å². The van der Waals surface area contributed by atoms with Gasteiger partial charge in [0, 0.05) is 29.8 Å². The van der Waals surface area contributed by atoms with Crippen LogP contribution in [0.25, 0.3) is 0 Å². The molecule has 0 radical (unpaired) electrons. The number of aryl methyl sites for hydroxylation is 1. The first kappa shape index (κ1) is 20.3. The van der Waals surface area contributed by atoms with E-state index in [1.165, 1.54) is 41.5 Å². The smallest absolute Gasteiger partial charge is 0.191 e. The number of thiophene rings is 1. The molecule has 1 saturated heterocycles. The van der Waals surface area contributed by atoms with Crippen molar-refractivity contribution in [2.24, 2.45) is 4.99 Å². The molecule has 0 aliphatic carbocycles. The number of thiazole rings is 1. The van der Waals surface area contributed by atoms with E-state index in [1.807, 2.05) is 11.3 Å². The average molecular weight is 406 g/mol. The lowest BCUT2D eigenvalue weighted by Gasteiger charge is -2.25. The Labute approximate surface area is 170 Å². The summed E-state index contributed by atoms with van der Waals surface area (Å²) in [6.07, 6.45) is 4.55. The van der Waals surface area contributed by atoms with E-state index in [2.05, 4.69) is 57.3 Å². The normalized spacial score (nSPS) is 16.6. The van der Waals surface area contributed by atoms with Gasteiger partial charge in [-0.05, 0) is 50.7 Å². The van der Waals surface area contributed by atoms with Gasteiger partial charge in [0.05, 0.1) is 23.3 Å². The van der Waals surface area contributed by atoms with Crippen LogP contribution in [0.4, 0.5) is 0 Å². The summed E-state index contributed by atoms with van der Waals surface area (Å²) in [4.78, 5) is 13.6. The molecule has 1 atom stereocenters. The molecule has 0 spiro atoms. The lowest BCUT2D eigenvalue weighted by Crippen LogP contribution is -2.39. The minimum Gasteiger partial charge on any atom is -0.357 e. The van der Waals surface area contributed by atoms with Crippen molar-refractivity contribution in [3.63, 3.8) is 0 Å². The van der Waals surface area contributed by atoms with Crippen molar-refractivity contribution in [1.29, 1.82) is 0 Å². The molecule has 0 bridgehead atoms. The van der Waals surface area contributed by atoms with Gasteiger partial charge in [-0.1, -0.05) is 13.0 Å². The molecule has 1 aliphatic rings. The topological polar surface area (TPSA) is 52.6 Å². The second kappa shape index (κ2) is 10.8. The Balaban J connectivity index is 1.57. The van der Waals surface area contributed by atoms with E-state index in [4.69, 9.17) is 4.99 Å². The molecular formula is C20H31N5S2. The maximum Gasteiger partial charge on any atom is 0.191 e. The standard InChI is InChI=1S/C20H31N5S2/c1-3-19-24-16(15-27-19)9-10-22-20(21-4-2)23-14-17(18-8-7-13-26-18)25-11-5-6-12-25/h7-8,13,15,17H,3-6,9-12,14H2,1-2H3,(H2,21,22,23). The first-order valence-electron chi connectivity index (χ1n) is 10.0. The number of likely N-dealkylation sites (tertiary alicyclic amines) is 1. The highest BCUT2D eigenvalue weighted by Gasteiger charge is 2.24. The molecule has 7 heteroatoms. The molecule has 27 heavy (non-hydrogen) atoms. The maximum absolute atomic E-state index is 4.91. The highest BCUT2D eigenvalue weighted by atomic mass is 32.1. The number of rotatable bonds is 9. The summed E-state index contributed by atoms with van der Waals surface area (Å²) in [6.45, 7) is 9.16. The van der Waals surface area contributed by atoms with E-state index in [9.17, 15) is 0 Å². The molecule has 2 aromatic rings. The number of guanidine groups is 1. The van der Waals surface area contributed by atoms with Crippen LogP contribution in [-0.2, 0) is 12.8 Å². The molecule has 0 amide bonds. The summed E-state index contributed by atoms with van der Waals surface area (Å²) in [7, 11) is 0. The number of nitrogens with zero attached hydrogens (tertiary/aromatic N) is 3. The highest BCUT2D eigenvalue weighted by Crippen LogP contribution is 2.28. The molecule has 2 aromatic heterocycles. The van der Waals surface area contributed by atoms with Crippen LogP contribution in [0.15, 0.2) is 27.9 Å². The number of nitrogens with one attached hydrogen (secondary N) is 2. The second-order valence-corrected chi connectivity index (χ2v) is 8.68. The van der Waals surface area contributed by atoms with E-state index >= 15 is 0 Å². The first-order valence-corrected chi connectivity index (χ1v) is 11.8. The Morgan fingerprint density at radius 2 is 2.11 bits per heavy atom. The van der Waals surface area contributed by atoms with Crippen LogP contribution in [0.2, 0.25) is 0 Å². The van der Waals surface area contributed by atoms with E-state index in [-0.39, 0.29) is 0 Å². The fourth-order valence-electron chi connectivity index (χ4n) is 3.37. The summed E-state index contributed by atoms with van der Waals surface area (Å²) in [5.74, 6) is 0.907. The first-order chi connectivity index (χ1) is 13.3. The maximum atomic E-state index is 4.91.